The minimum absolute atomic E-state index is 0.0202. The first-order chi connectivity index (χ1) is 14.4. The van der Waals surface area contributed by atoms with E-state index in [4.69, 9.17) is 23.2 Å². The van der Waals surface area contributed by atoms with Crippen molar-refractivity contribution in [2.75, 3.05) is 13.2 Å². The van der Waals surface area contributed by atoms with Gasteiger partial charge in [-0.25, -0.2) is 8.78 Å². The molecule has 2 N–H and O–H groups in total. The van der Waals surface area contributed by atoms with Crippen LogP contribution in [0.2, 0.25) is 5.02 Å². The first-order valence-corrected chi connectivity index (χ1v) is 11.1. The number of aliphatic hydroxyl groups excluding tert-OH is 1. The summed E-state index contributed by atoms with van der Waals surface area (Å²) >= 11 is 11.4. The second kappa shape index (κ2) is 10.2. The maximum atomic E-state index is 14.3. The summed E-state index contributed by atoms with van der Waals surface area (Å²) in [7, 11) is 0. The fourth-order valence-electron chi connectivity index (χ4n) is 4.50. The van der Waals surface area contributed by atoms with Gasteiger partial charge in [0.15, 0.2) is 0 Å². The Morgan fingerprint density at radius 3 is 2.60 bits per heavy atom. The molecule has 0 aromatic heterocycles. The van der Waals surface area contributed by atoms with Crippen molar-refractivity contribution < 1.29 is 13.9 Å². The molecule has 0 radical (unpaired) electrons. The van der Waals surface area contributed by atoms with E-state index in [0.717, 1.165) is 25.7 Å². The maximum absolute atomic E-state index is 14.3. The van der Waals surface area contributed by atoms with Gasteiger partial charge < -0.3 is 10.4 Å². The molecule has 0 amide bonds. The minimum atomic E-state index is -0.603. The number of aliphatic hydroxyl groups is 1. The zero-order valence-corrected chi connectivity index (χ0v) is 18.1. The molecule has 0 spiro atoms. The minimum Gasteiger partial charge on any atom is -0.396 e. The van der Waals surface area contributed by atoms with Gasteiger partial charge in [-0.1, -0.05) is 36.2 Å². The van der Waals surface area contributed by atoms with Crippen molar-refractivity contribution in [2.24, 2.45) is 17.3 Å². The number of nitrogens with one attached hydrogen (secondary N) is 1. The molecule has 3 nitrogen and oxygen atoms in total. The van der Waals surface area contributed by atoms with Crippen LogP contribution in [0.4, 0.5) is 8.78 Å². The number of alkyl halides is 1. The number of nitriles is 1. The molecule has 1 aromatic carbocycles. The van der Waals surface area contributed by atoms with E-state index in [9.17, 15) is 19.1 Å². The maximum Gasteiger partial charge on any atom is 0.124 e. The summed E-state index contributed by atoms with van der Waals surface area (Å²) in [6, 6.07) is 8.21. The first kappa shape index (κ1) is 23.2. The number of rotatable bonds is 4. The van der Waals surface area contributed by atoms with E-state index < -0.39 is 5.38 Å². The average Bonchev–Trinajstić information content (AvgIpc) is 3.09. The largest absolute Gasteiger partial charge is 0.396 e. The van der Waals surface area contributed by atoms with Crippen LogP contribution >= 0.6 is 23.2 Å². The smallest absolute Gasteiger partial charge is 0.124 e. The molecule has 0 bridgehead atoms. The lowest BCUT2D eigenvalue weighted by molar-refractivity contribution is 0.0250. The molecule has 4 atom stereocenters. The first-order valence-electron chi connectivity index (χ1n) is 10.2. The topological polar surface area (TPSA) is 56.0 Å². The highest BCUT2D eigenvalue weighted by atomic mass is 35.5. The van der Waals surface area contributed by atoms with Crippen molar-refractivity contribution >= 4 is 23.2 Å². The highest BCUT2D eigenvalue weighted by Gasteiger charge is 2.45. The third-order valence-electron chi connectivity index (χ3n) is 6.40. The number of allylic oxidation sites excluding steroid dienone is 3. The Balaban J connectivity index is 0.000000269. The van der Waals surface area contributed by atoms with Gasteiger partial charge in [0.2, 0.25) is 0 Å². The molecular formula is C23H26Cl2F2N2O. The zero-order valence-electron chi connectivity index (χ0n) is 16.6. The normalized spacial score (nSPS) is 29.6. The number of hydrogen-bond acceptors (Lipinski definition) is 3. The van der Waals surface area contributed by atoms with Gasteiger partial charge in [0.25, 0.3) is 0 Å². The Morgan fingerprint density at radius 1 is 1.30 bits per heavy atom. The van der Waals surface area contributed by atoms with Gasteiger partial charge in [0.1, 0.15) is 11.6 Å². The van der Waals surface area contributed by atoms with Gasteiger partial charge in [0.05, 0.1) is 17.4 Å². The Kier molecular flexibility index (Phi) is 7.92. The number of benzene rings is 1. The van der Waals surface area contributed by atoms with Gasteiger partial charge in [0, 0.05) is 30.1 Å². The van der Waals surface area contributed by atoms with Gasteiger partial charge in [-0.15, -0.1) is 11.6 Å². The fraction of sp³-hybridized carbons (Fsp3) is 0.522. The van der Waals surface area contributed by atoms with Crippen molar-refractivity contribution in [1.82, 2.24) is 5.32 Å². The van der Waals surface area contributed by atoms with Crippen molar-refractivity contribution in [2.45, 2.75) is 43.5 Å². The molecule has 4 rings (SSSR count). The summed E-state index contributed by atoms with van der Waals surface area (Å²) in [5.74, 6) is -0.991. The lowest BCUT2D eigenvalue weighted by Crippen LogP contribution is -2.41. The van der Waals surface area contributed by atoms with Crippen LogP contribution in [0.3, 0.4) is 0 Å². The van der Waals surface area contributed by atoms with Gasteiger partial charge in [-0.3, -0.25) is 0 Å². The average molecular weight is 455 g/mol. The molecule has 2 fully saturated rings. The van der Waals surface area contributed by atoms with E-state index in [-0.39, 0.29) is 41.5 Å². The van der Waals surface area contributed by atoms with Crippen molar-refractivity contribution in [1.29, 1.82) is 5.26 Å². The molecule has 162 valence electrons. The number of halogens is 4. The monoisotopic (exact) mass is 454 g/mol. The predicted molar refractivity (Wildman–Crippen MR) is 115 cm³/mol. The van der Waals surface area contributed by atoms with Crippen molar-refractivity contribution in [3.05, 3.63) is 58.7 Å². The fourth-order valence-corrected chi connectivity index (χ4v) is 4.91. The summed E-state index contributed by atoms with van der Waals surface area (Å²) in [4.78, 5) is 0. The molecule has 1 heterocycles. The quantitative estimate of drug-likeness (QED) is 0.587. The highest BCUT2D eigenvalue weighted by Crippen LogP contribution is 2.47. The van der Waals surface area contributed by atoms with Crippen LogP contribution in [-0.2, 0) is 0 Å². The predicted octanol–water partition coefficient (Wildman–Crippen LogP) is 5.54. The highest BCUT2D eigenvalue weighted by molar-refractivity contribution is 6.30. The van der Waals surface area contributed by atoms with E-state index in [2.05, 4.69) is 11.4 Å². The third-order valence-corrected chi connectivity index (χ3v) is 7.00. The summed E-state index contributed by atoms with van der Waals surface area (Å²) in [5, 5.41) is 22.5. The Hall–Kier alpha value is -1.45. The molecule has 3 aliphatic rings. The second-order valence-electron chi connectivity index (χ2n) is 8.34. The molecule has 4 unspecified atom stereocenters. The van der Waals surface area contributed by atoms with Crippen molar-refractivity contribution in [3.8, 4) is 6.07 Å². The van der Waals surface area contributed by atoms with Crippen LogP contribution in [0.25, 0.3) is 0 Å². The van der Waals surface area contributed by atoms with E-state index in [1.54, 1.807) is 18.2 Å². The summed E-state index contributed by atoms with van der Waals surface area (Å²) in [6.07, 6.45) is 8.16. The molecule has 30 heavy (non-hydrogen) atoms. The molecule has 1 aliphatic heterocycles. The van der Waals surface area contributed by atoms with E-state index in [1.807, 2.05) is 6.08 Å². The molecule has 1 saturated carbocycles. The number of hydrogen-bond donors (Lipinski definition) is 2. The van der Waals surface area contributed by atoms with Crippen LogP contribution in [0, 0.1) is 34.4 Å². The van der Waals surface area contributed by atoms with E-state index in [1.165, 1.54) is 12.1 Å². The van der Waals surface area contributed by atoms with E-state index in [0.29, 0.717) is 23.6 Å². The van der Waals surface area contributed by atoms with Gasteiger partial charge >= 0.3 is 0 Å². The van der Waals surface area contributed by atoms with Crippen LogP contribution in [-0.4, -0.2) is 29.7 Å². The van der Waals surface area contributed by atoms with E-state index >= 15 is 0 Å². The lowest BCUT2D eigenvalue weighted by Gasteiger charge is -2.42. The molecular weight excluding hydrogens is 429 g/mol. The van der Waals surface area contributed by atoms with Gasteiger partial charge in [-0.2, -0.15) is 5.26 Å². The molecule has 1 aromatic rings. The zero-order chi connectivity index (χ0) is 21.7. The Bertz CT molecular complexity index is 825. The third kappa shape index (κ3) is 5.23. The van der Waals surface area contributed by atoms with Crippen LogP contribution < -0.4 is 5.32 Å². The van der Waals surface area contributed by atoms with Crippen LogP contribution in [0.5, 0.6) is 0 Å². The molecule has 1 saturated heterocycles. The van der Waals surface area contributed by atoms with Crippen molar-refractivity contribution in [3.63, 3.8) is 0 Å². The molecule has 2 aliphatic carbocycles. The Labute approximate surface area is 186 Å². The summed E-state index contributed by atoms with van der Waals surface area (Å²) in [5.41, 5.74) is 0.547. The van der Waals surface area contributed by atoms with Crippen LogP contribution in [0.1, 0.15) is 32.1 Å². The summed E-state index contributed by atoms with van der Waals surface area (Å²) in [6.45, 7) is 0.774. The number of nitrogens with zero attached hydrogens (tertiary/aromatic N) is 1. The summed E-state index contributed by atoms with van der Waals surface area (Å²) < 4.78 is 26.4. The standard InChI is InChI=1S/C17H22ClFN2O.C6H4ClF/c18-14-4-1-3-11(16(14)19)13-9-21-15(12(13)8-20)7-17(10-22)5-2-6-17;7-5-2-1-3-6(8)4-5/h1,3,12-15,21-22H,2,4-7,9-10H2;1-4H. The SMILES string of the molecule is Fc1cccc(Cl)c1.N#CC1C(CC2(CO)CCC2)NCC1C1=C(F)C(Cl)CC=C1. The Morgan fingerprint density at radius 2 is 2.07 bits per heavy atom. The van der Waals surface area contributed by atoms with Crippen LogP contribution in [0.15, 0.2) is 47.8 Å². The van der Waals surface area contributed by atoms with Gasteiger partial charge in [-0.05, 0) is 54.9 Å². The lowest BCUT2D eigenvalue weighted by atomic mass is 9.64. The second-order valence-corrected chi connectivity index (χ2v) is 9.30. The molecule has 7 heteroatoms.